The van der Waals surface area contributed by atoms with Crippen molar-refractivity contribution in [1.82, 2.24) is 0 Å². The molecule has 0 aromatic rings. The summed E-state index contributed by atoms with van der Waals surface area (Å²) in [7, 11) is 0. The molecular formula is C30H46O12. The zero-order chi connectivity index (χ0) is 32.1. The van der Waals surface area contributed by atoms with Gasteiger partial charge in [-0.15, -0.1) is 0 Å². The molecule has 0 heterocycles. The molecule has 0 amide bonds. The lowest BCUT2D eigenvalue weighted by molar-refractivity contribution is -0.160. The molecule has 12 nitrogen and oxygen atoms in total. The summed E-state index contributed by atoms with van der Waals surface area (Å²) in [6, 6.07) is 0. The maximum absolute atomic E-state index is 12.9. The van der Waals surface area contributed by atoms with Crippen molar-refractivity contribution >= 4 is 35.8 Å². The third kappa shape index (κ3) is 14.8. The standard InChI is InChI=1S/C30H46O12/c1-8-13-37-25(31)17-23(29(35)39-15-10-3)20(6)27(33)41-19-22(12-5)42-28(34)21(7)24(30(36)40-16-11-4)18-26(32)38-14-9-2/h22-24H,6-19H2,1-5H3. The number of rotatable bonds is 22. The van der Waals surface area contributed by atoms with Crippen LogP contribution in [-0.4, -0.2) is 75.0 Å². The van der Waals surface area contributed by atoms with Gasteiger partial charge in [0, 0.05) is 11.1 Å². The summed E-state index contributed by atoms with van der Waals surface area (Å²) in [5.74, 6) is -7.67. The van der Waals surface area contributed by atoms with Crippen LogP contribution in [0.1, 0.15) is 79.6 Å². The van der Waals surface area contributed by atoms with E-state index in [1.807, 2.05) is 13.8 Å². The molecule has 0 spiro atoms. The average Bonchev–Trinajstić information content (AvgIpc) is 2.98. The van der Waals surface area contributed by atoms with E-state index in [0.29, 0.717) is 25.7 Å². The Morgan fingerprint density at radius 2 is 0.929 bits per heavy atom. The molecule has 0 saturated carbocycles. The van der Waals surface area contributed by atoms with Crippen LogP contribution in [0.5, 0.6) is 0 Å². The van der Waals surface area contributed by atoms with Crippen molar-refractivity contribution in [2.45, 2.75) is 85.7 Å². The van der Waals surface area contributed by atoms with Crippen LogP contribution in [-0.2, 0) is 57.2 Å². The van der Waals surface area contributed by atoms with E-state index in [0.717, 1.165) is 0 Å². The van der Waals surface area contributed by atoms with Crippen molar-refractivity contribution in [3.63, 3.8) is 0 Å². The van der Waals surface area contributed by atoms with Gasteiger partial charge in [0.25, 0.3) is 0 Å². The van der Waals surface area contributed by atoms with Gasteiger partial charge in [0.2, 0.25) is 0 Å². The van der Waals surface area contributed by atoms with Gasteiger partial charge in [0.1, 0.15) is 12.7 Å². The van der Waals surface area contributed by atoms with Crippen LogP contribution >= 0.6 is 0 Å². The Morgan fingerprint density at radius 3 is 1.31 bits per heavy atom. The third-order valence-corrected chi connectivity index (χ3v) is 5.64. The second kappa shape index (κ2) is 22.0. The molecule has 42 heavy (non-hydrogen) atoms. The zero-order valence-corrected chi connectivity index (χ0v) is 25.5. The number of carbonyl (C=O) groups excluding carboxylic acids is 6. The van der Waals surface area contributed by atoms with Crippen LogP contribution in [0.25, 0.3) is 0 Å². The largest absolute Gasteiger partial charge is 0.466 e. The van der Waals surface area contributed by atoms with Crippen LogP contribution in [0, 0.1) is 11.8 Å². The highest BCUT2D eigenvalue weighted by Crippen LogP contribution is 2.21. The van der Waals surface area contributed by atoms with E-state index in [1.165, 1.54) is 0 Å². The quantitative estimate of drug-likeness (QED) is 0.101. The SMILES string of the molecule is C=C(C(=O)OCC(CC)OC(=O)C(=C)C(CC(=O)OCCC)C(=O)OCCC)C(CC(=O)OCCC)C(=O)OCCC. The van der Waals surface area contributed by atoms with Crippen molar-refractivity contribution in [2.75, 3.05) is 33.0 Å². The number of ether oxygens (including phenoxy) is 6. The topological polar surface area (TPSA) is 158 Å². The minimum atomic E-state index is -1.32. The minimum absolute atomic E-state index is 0.0857. The number of hydrogen-bond donors (Lipinski definition) is 0. The Hall–Kier alpha value is -3.70. The molecule has 0 fully saturated rings. The van der Waals surface area contributed by atoms with Gasteiger partial charge < -0.3 is 28.4 Å². The molecule has 0 rings (SSSR count). The van der Waals surface area contributed by atoms with Gasteiger partial charge in [-0.2, -0.15) is 0 Å². The Labute approximate surface area is 248 Å². The smallest absolute Gasteiger partial charge is 0.334 e. The van der Waals surface area contributed by atoms with Crippen molar-refractivity contribution in [3.05, 3.63) is 24.3 Å². The molecule has 0 saturated heterocycles. The number of hydrogen-bond acceptors (Lipinski definition) is 12. The maximum Gasteiger partial charge on any atom is 0.334 e. The average molecular weight is 599 g/mol. The first kappa shape index (κ1) is 38.3. The Kier molecular flexibility index (Phi) is 20.0. The molecule has 12 heteroatoms. The summed E-state index contributed by atoms with van der Waals surface area (Å²) in [6.07, 6.45) is 0.526. The van der Waals surface area contributed by atoms with Crippen LogP contribution in [0.4, 0.5) is 0 Å². The first-order valence-electron chi connectivity index (χ1n) is 14.4. The van der Waals surface area contributed by atoms with E-state index < -0.39 is 73.2 Å². The van der Waals surface area contributed by atoms with Gasteiger partial charge in [0.05, 0.1) is 51.1 Å². The zero-order valence-electron chi connectivity index (χ0n) is 25.5. The molecule has 3 unspecified atom stereocenters. The van der Waals surface area contributed by atoms with Gasteiger partial charge in [-0.1, -0.05) is 47.8 Å². The van der Waals surface area contributed by atoms with Crippen LogP contribution in [0.3, 0.4) is 0 Å². The van der Waals surface area contributed by atoms with Crippen molar-refractivity contribution < 1.29 is 57.2 Å². The van der Waals surface area contributed by atoms with Crippen LogP contribution < -0.4 is 0 Å². The molecule has 0 aliphatic rings. The first-order valence-corrected chi connectivity index (χ1v) is 14.4. The van der Waals surface area contributed by atoms with E-state index in [2.05, 4.69) is 13.2 Å². The first-order chi connectivity index (χ1) is 20.0. The van der Waals surface area contributed by atoms with Crippen molar-refractivity contribution in [3.8, 4) is 0 Å². The highest BCUT2D eigenvalue weighted by atomic mass is 16.6. The van der Waals surface area contributed by atoms with E-state index >= 15 is 0 Å². The summed E-state index contributed by atoms with van der Waals surface area (Å²) in [4.78, 5) is 75.0. The molecule has 0 aliphatic heterocycles. The molecule has 0 aromatic carbocycles. The highest BCUT2D eigenvalue weighted by molar-refractivity contribution is 5.97. The number of esters is 6. The van der Waals surface area contributed by atoms with Crippen molar-refractivity contribution in [1.29, 1.82) is 0 Å². The van der Waals surface area contributed by atoms with Crippen LogP contribution in [0.15, 0.2) is 24.3 Å². The fourth-order valence-corrected chi connectivity index (χ4v) is 3.20. The Bertz CT molecular complexity index is 939. The van der Waals surface area contributed by atoms with Crippen LogP contribution in [0.2, 0.25) is 0 Å². The normalized spacial score (nSPS) is 12.6. The van der Waals surface area contributed by atoms with E-state index in [1.54, 1.807) is 20.8 Å². The predicted octanol–water partition coefficient (Wildman–Crippen LogP) is 3.79. The molecule has 0 aliphatic carbocycles. The summed E-state index contributed by atoms with van der Waals surface area (Å²) in [6.45, 7) is 16.2. The van der Waals surface area contributed by atoms with Gasteiger partial charge in [0.15, 0.2) is 0 Å². The van der Waals surface area contributed by atoms with Gasteiger partial charge in [-0.25, -0.2) is 9.59 Å². The second-order valence-electron chi connectivity index (χ2n) is 9.37. The highest BCUT2D eigenvalue weighted by Gasteiger charge is 2.34. The summed E-state index contributed by atoms with van der Waals surface area (Å²) < 4.78 is 30.9. The maximum atomic E-state index is 12.9. The predicted molar refractivity (Wildman–Crippen MR) is 151 cm³/mol. The molecule has 0 aromatic heterocycles. The Morgan fingerprint density at radius 1 is 0.548 bits per heavy atom. The minimum Gasteiger partial charge on any atom is -0.466 e. The molecular weight excluding hydrogens is 552 g/mol. The number of carbonyl (C=O) groups is 6. The lowest BCUT2D eigenvalue weighted by Crippen LogP contribution is -2.32. The molecule has 0 N–H and O–H groups in total. The third-order valence-electron chi connectivity index (χ3n) is 5.64. The van der Waals surface area contributed by atoms with E-state index in [-0.39, 0.29) is 44.0 Å². The lowest BCUT2D eigenvalue weighted by Gasteiger charge is -2.21. The van der Waals surface area contributed by atoms with Gasteiger partial charge in [-0.3, -0.25) is 19.2 Å². The molecule has 0 radical (unpaired) electrons. The second-order valence-corrected chi connectivity index (χ2v) is 9.37. The van der Waals surface area contributed by atoms with E-state index in [9.17, 15) is 28.8 Å². The molecule has 3 atom stereocenters. The summed E-state index contributed by atoms with van der Waals surface area (Å²) in [5, 5.41) is 0. The lowest BCUT2D eigenvalue weighted by atomic mass is 9.96. The monoisotopic (exact) mass is 598 g/mol. The molecule has 0 bridgehead atoms. The fourth-order valence-electron chi connectivity index (χ4n) is 3.20. The van der Waals surface area contributed by atoms with Gasteiger partial charge >= 0.3 is 35.8 Å². The fraction of sp³-hybridized carbons (Fsp3) is 0.667. The molecule has 238 valence electrons. The summed E-state index contributed by atoms with van der Waals surface area (Å²) >= 11 is 0. The van der Waals surface area contributed by atoms with E-state index in [4.69, 9.17) is 28.4 Å². The van der Waals surface area contributed by atoms with Gasteiger partial charge in [-0.05, 0) is 32.1 Å². The Balaban J connectivity index is 5.42. The van der Waals surface area contributed by atoms with Crippen molar-refractivity contribution in [2.24, 2.45) is 11.8 Å². The summed E-state index contributed by atoms with van der Waals surface area (Å²) in [5.41, 5.74) is -0.637.